The quantitative estimate of drug-likeness (QED) is 0.313. The van der Waals surface area contributed by atoms with Crippen LogP contribution in [-0.4, -0.2) is 26.2 Å². The van der Waals surface area contributed by atoms with Crippen LogP contribution in [0.2, 0.25) is 0 Å². The fraction of sp³-hybridized carbons (Fsp3) is 0.500. The van der Waals surface area contributed by atoms with Crippen molar-refractivity contribution in [3.8, 4) is 5.75 Å². The fourth-order valence-corrected chi connectivity index (χ4v) is 1.58. The van der Waals surface area contributed by atoms with Gasteiger partial charge in [-0.2, -0.15) is 0 Å². The number of methoxy groups -OCH3 is 1. The molecule has 0 aliphatic heterocycles. The van der Waals surface area contributed by atoms with Gasteiger partial charge in [-0.1, -0.05) is 26.0 Å². The van der Waals surface area contributed by atoms with Crippen molar-refractivity contribution >= 4 is 5.96 Å². The van der Waals surface area contributed by atoms with Crippen molar-refractivity contribution in [3.05, 3.63) is 29.8 Å². The molecule has 0 unspecified atom stereocenters. The van der Waals surface area contributed by atoms with Gasteiger partial charge in [0.25, 0.3) is 0 Å². The first-order valence-corrected chi connectivity index (χ1v) is 6.53. The molecular formula is C14H24N4O. The third-order valence-corrected chi connectivity index (χ3v) is 2.59. The van der Waals surface area contributed by atoms with Crippen LogP contribution in [0.1, 0.15) is 19.4 Å². The Balaban J connectivity index is 2.41. The molecule has 1 aromatic carbocycles. The van der Waals surface area contributed by atoms with Crippen LogP contribution in [0.4, 0.5) is 0 Å². The van der Waals surface area contributed by atoms with Gasteiger partial charge in [-0.25, -0.2) is 5.84 Å². The molecule has 0 aromatic heterocycles. The second-order valence-electron chi connectivity index (χ2n) is 4.76. The highest BCUT2D eigenvalue weighted by molar-refractivity contribution is 5.79. The molecular weight excluding hydrogens is 240 g/mol. The van der Waals surface area contributed by atoms with Crippen molar-refractivity contribution in [3.63, 3.8) is 0 Å². The molecule has 5 heteroatoms. The number of hydrazine groups is 1. The van der Waals surface area contributed by atoms with E-state index in [0.29, 0.717) is 11.9 Å². The van der Waals surface area contributed by atoms with Gasteiger partial charge >= 0.3 is 0 Å². The standard InChI is InChI=1S/C14H24N4O/c1-11(2)10-17-14(18-15)16-8-7-12-5-4-6-13(9-12)19-3/h4-6,9,11H,7-8,10,15H2,1-3H3,(H2,16,17,18). The van der Waals surface area contributed by atoms with E-state index in [1.165, 1.54) is 5.56 Å². The summed E-state index contributed by atoms with van der Waals surface area (Å²) in [7, 11) is 1.67. The molecule has 0 aliphatic rings. The minimum Gasteiger partial charge on any atom is -0.497 e. The maximum Gasteiger partial charge on any atom is 0.205 e. The molecule has 0 heterocycles. The number of aliphatic imine (C=N–C) groups is 1. The first kappa shape index (κ1) is 15.3. The van der Waals surface area contributed by atoms with Gasteiger partial charge in [-0.3, -0.25) is 10.4 Å². The van der Waals surface area contributed by atoms with Crippen molar-refractivity contribution in [1.82, 2.24) is 10.7 Å². The van der Waals surface area contributed by atoms with Gasteiger partial charge in [0.1, 0.15) is 5.75 Å². The molecule has 1 aromatic rings. The Morgan fingerprint density at radius 2 is 2.21 bits per heavy atom. The highest BCUT2D eigenvalue weighted by Crippen LogP contribution is 2.12. The largest absolute Gasteiger partial charge is 0.497 e. The third kappa shape index (κ3) is 6.10. The molecule has 0 aliphatic carbocycles. The van der Waals surface area contributed by atoms with Crippen LogP contribution < -0.4 is 21.3 Å². The van der Waals surface area contributed by atoms with Gasteiger partial charge in [0, 0.05) is 13.1 Å². The van der Waals surface area contributed by atoms with E-state index in [1.54, 1.807) is 7.11 Å². The highest BCUT2D eigenvalue weighted by atomic mass is 16.5. The van der Waals surface area contributed by atoms with Gasteiger partial charge in [-0.15, -0.1) is 0 Å². The van der Waals surface area contributed by atoms with Crippen LogP contribution in [0.25, 0.3) is 0 Å². The Morgan fingerprint density at radius 3 is 2.84 bits per heavy atom. The van der Waals surface area contributed by atoms with Crippen molar-refractivity contribution in [1.29, 1.82) is 0 Å². The van der Waals surface area contributed by atoms with E-state index in [9.17, 15) is 0 Å². The summed E-state index contributed by atoms with van der Waals surface area (Å²) in [5, 5.41) is 3.18. The summed E-state index contributed by atoms with van der Waals surface area (Å²) in [4.78, 5) is 4.35. The summed E-state index contributed by atoms with van der Waals surface area (Å²) in [6.07, 6.45) is 0.888. The lowest BCUT2D eigenvalue weighted by molar-refractivity contribution is 0.414. The number of guanidine groups is 1. The Morgan fingerprint density at radius 1 is 1.42 bits per heavy atom. The monoisotopic (exact) mass is 264 g/mol. The van der Waals surface area contributed by atoms with Crippen LogP contribution in [-0.2, 0) is 6.42 Å². The maximum atomic E-state index is 5.42. The van der Waals surface area contributed by atoms with E-state index < -0.39 is 0 Å². The van der Waals surface area contributed by atoms with E-state index in [2.05, 4.69) is 35.6 Å². The Kier molecular flexibility index (Phi) is 6.74. The second-order valence-corrected chi connectivity index (χ2v) is 4.76. The SMILES string of the molecule is COc1cccc(CCNC(=NCC(C)C)NN)c1. The second kappa shape index (κ2) is 8.37. The normalized spacial score (nSPS) is 11.5. The predicted molar refractivity (Wildman–Crippen MR) is 79.2 cm³/mol. The summed E-state index contributed by atoms with van der Waals surface area (Å²) in [5.74, 6) is 7.45. The number of nitrogens with one attached hydrogen (secondary N) is 2. The molecule has 19 heavy (non-hydrogen) atoms. The van der Waals surface area contributed by atoms with Gasteiger partial charge in [0.05, 0.1) is 7.11 Å². The topological polar surface area (TPSA) is 71.7 Å². The minimum absolute atomic E-state index is 0.517. The molecule has 0 bridgehead atoms. The van der Waals surface area contributed by atoms with Crippen LogP contribution in [0.15, 0.2) is 29.3 Å². The van der Waals surface area contributed by atoms with Gasteiger partial charge < -0.3 is 10.1 Å². The average molecular weight is 264 g/mol. The molecule has 0 spiro atoms. The Bertz CT molecular complexity index is 404. The maximum absolute atomic E-state index is 5.42. The molecule has 0 atom stereocenters. The Hall–Kier alpha value is -1.75. The molecule has 4 N–H and O–H groups in total. The lowest BCUT2D eigenvalue weighted by Gasteiger charge is -2.10. The smallest absolute Gasteiger partial charge is 0.205 e. The summed E-state index contributed by atoms with van der Waals surface area (Å²) < 4.78 is 5.19. The number of nitrogens with two attached hydrogens (primary N) is 1. The van der Waals surface area contributed by atoms with Crippen molar-refractivity contribution in [2.45, 2.75) is 20.3 Å². The summed E-state index contributed by atoms with van der Waals surface area (Å²) in [5.41, 5.74) is 3.80. The zero-order valence-corrected chi connectivity index (χ0v) is 11.9. The first-order chi connectivity index (χ1) is 9.15. The highest BCUT2D eigenvalue weighted by Gasteiger charge is 1.99. The van der Waals surface area contributed by atoms with Crippen LogP contribution in [0.3, 0.4) is 0 Å². The lowest BCUT2D eigenvalue weighted by atomic mass is 10.1. The molecule has 0 fully saturated rings. The third-order valence-electron chi connectivity index (χ3n) is 2.59. The zero-order chi connectivity index (χ0) is 14.1. The van der Waals surface area contributed by atoms with E-state index >= 15 is 0 Å². The number of hydrogen-bond donors (Lipinski definition) is 3. The summed E-state index contributed by atoms with van der Waals surface area (Å²) in [6, 6.07) is 8.03. The number of nitrogens with zero attached hydrogens (tertiary/aromatic N) is 1. The predicted octanol–water partition coefficient (Wildman–Crippen LogP) is 1.30. The van der Waals surface area contributed by atoms with E-state index in [0.717, 1.165) is 25.3 Å². The van der Waals surface area contributed by atoms with Gasteiger partial charge in [-0.05, 0) is 30.0 Å². The molecule has 0 amide bonds. The van der Waals surface area contributed by atoms with E-state index in [1.807, 2.05) is 18.2 Å². The minimum atomic E-state index is 0.517. The van der Waals surface area contributed by atoms with Crippen LogP contribution >= 0.6 is 0 Å². The lowest BCUT2D eigenvalue weighted by Crippen LogP contribution is -2.42. The van der Waals surface area contributed by atoms with Crippen LogP contribution in [0, 0.1) is 5.92 Å². The Labute approximate surface area is 115 Å². The van der Waals surface area contributed by atoms with E-state index in [4.69, 9.17) is 10.6 Å². The molecule has 0 radical (unpaired) electrons. The average Bonchev–Trinajstić information content (AvgIpc) is 2.42. The molecule has 106 valence electrons. The summed E-state index contributed by atoms with van der Waals surface area (Å²) >= 11 is 0. The number of hydrogen-bond acceptors (Lipinski definition) is 3. The van der Waals surface area contributed by atoms with E-state index in [-0.39, 0.29) is 0 Å². The number of ether oxygens (including phenoxy) is 1. The van der Waals surface area contributed by atoms with Crippen molar-refractivity contribution < 1.29 is 4.74 Å². The summed E-state index contributed by atoms with van der Waals surface area (Å²) in [6.45, 7) is 5.77. The zero-order valence-electron chi connectivity index (χ0n) is 11.9. The van der Waals surface area contributed by atoms with Crippen molar-refractivity contribution in [2.75, 3.05) is 20.2 Å². The molecule has 0 saturated heterocycles. The first-order valence-electron chi connectivity index (χ1n) is 6.53. The number of benzene rings is 1. The van der Waals surface area contributed by atoms with Crippen molar-refractivity contribution in [2.24, 2.45) is 16.8 Å². The fourth-order valence-electron chi connectivity index (χ4n) is 1.58. The van der Waals surface area contributed by atoms with Gasteiger partial charge in [0.2, 0.25) is 5.96 Å². The molecule has 0 saturated carbocycles. The number of rotatable bonds is 6. The van der Waals surface area contributed by atoms with Gasteiger partial charge in [0.15, 0.2) is 0 Å². The molecule has 5 nitrogen and oxygen atoms in total. The van der Waals surface area contributed by atoms with Crippen LogP contribution in [0.5, 0.6) is 5.75 Å². The molecule has 1 rings (SSSR count).